The van der Waals surface area contributed by atoms with Gasteiger partial charge in [-0.3, -0.25) is 0 Å². The number of halogens is 1. The summed E-state index contributed by atoms with van der Waals surface area (Å²) in [5.41, 5.74) is 3.24. The zero-order valence-electron chi connectivity index (χ0n) is 14.6. The van der Waals surface area contributed by atoms with Crippen LogP contribution < -0.4 is 10.6 Å². The van der Waals surface area contributed by atoms with E-state index in [1.165, 1.54) is 19.3 Å². The number of nitriles is 1. The van der Waals surface area contributed by atoms with E-state index in [1.54, 1.807) is 0 Å². The smallest absolute Gasteiger partial charge is 0.128 e. The largest absolute Gasteiger partial charge is 0.371 e. The van der Waals surface area contributed by atoms with Crippen molar-refractivity contribution in [2.45, 2.75) is 44.2 Å². The molecule has 1 fully saturated rings. The Labute approximate surface area is 158 Å². The van der Waals surface area contributed by atoms with E-state index in [4.69, 9.17) is 16.6 Å². The van der Waals surface area contributed by atoms with E-state index >= 15 is 0 Å². The van der Waals surface area contributed by atoms with Gasteiger partial charge in [-0.2, -0.15) is 5.26 Å². The number of rotatable bonds is 2. The van der Waals surface area contributed by atoms with Crippen LogP contribution in [-0.2, 0) is 6.54 Å². The molecule has 1 aliphatic heterocycles. The topological polar surface area (TPSA) is 60.2 Å². The number of para-hydroxylation sites is 1. The summed E-state index contributed by atoms with van der Waals surface area (Å²) in [7, 11) is 0. The molecule has 0 aromatic heterocycles. The average Bonchev–Trinajstić information content (AvgIpc) is 2.66. The Morgan fingerprint density at radius 1 is 1.15 bits per heavy atom. The minimum atomic E-state index is -0.169. The van der Waals surface area contributed by atoms with E-state index in [1.807, 2.05) is 36.4 Å². The quantitative estimate of drug-likeness (QED) is 0.773. The predicted molar refractivity (Wildman–Crippen MR) is 106 cm³/mol. The van der Waals surface area contributed by atoms with Crippen molar-refractivity contribution >= 4 is 28.8 Å². The third-order valence-electron chi connectivity index (χ3n) is 5.26. The Kier molecular flexibility index (Phi) is 4.57. The van der Waals surface area contributed by atoms with Crippen molar-refractivity contribution in [3.63, 3.8) is 0 Å². The molecule has 1 aliphatic carbocycles. The van der Waals surface area contributed by atoms with Gasteiger partial charge < -0.3 is 10.6 Å². The monoisotopic (exact) mass is 364 g/mol. The molecule has 1 saturated carbocycles. The van der Waals surface area contributed by atoms with Crippen LogP contribution in [0.5, 0.6) is 0 Å². The number of nitrogens with zero attached hydrogens (tertiary/aromatic N) is 2. The van der Waals surface area contributed by atoms with Crippen molar-refractivity contribution in [3.8, 4) is 6.07 Å². The lowest BCUT2D eigenvalue weighted by atomic mass is 9.79. The highest BCUT2D eigenvalue weighted by Gasteiger charge is 2.40. The maximum atomic E-state index is 9.44. The van der Waals surface area contributed by atoms with Crippen LogP contribution >= 0.6 is 11.6 Å². The summed E-state index contributed by atoms with van der Waals surface area (Å²) in [5.74, 6) is 0.937. The molecule has 0 saturated heterocycles. The molecule has 0 bridgehead atoms. The van der Waals surface area contributed by atoms with Gasteiger partial charge in [-0.15, -0.1) is 0 Å². The van der Waals surface area contributed by atoms with Crippen LogP contribution in [0, 0.1) is 11.3 Å². The predicted octanol–water partition coefficient (Wildman–Crippen LogP) is 5.16. The number of aliphatic imine (C=N–C) groups is 1. The van der Waals surface area contributed by atoms with E-state index in [9.17, 15) is 5.26 Å². The Hall–Kier alpha value is -2.51. The second-order valence-corrected chi connectivity index (χ2v) is 7.46. The number of anilines is 1. The van der Waals surface area contributed by atoms with E-state index in [2.05, 4.69) is 22.8 Å². The van der Waals surface area contributed by atoms with Crippen LogP contribution in [0.25, 0.3) is 0 Å². The highest BCUT2D eigenvalue weighted by Crippen LogP contribution is 2.41. The first-order valence-electron chi connectivity index (χ1n) is 9.09. The molecule has 4 nitrogen and oxygen atoms in total. The molecule has 0 unspecified atom stereocenters. The molecule has 2 aromatic rings. The minimum absolute atomic E-state index is 0.169. The Balaban J connectivity index is 1.69. The first-order chi connectivity index (χ1) is 12.7. The lowest BCUT2D eigenvalue weighted by Crippen LogP contribution is -2.54. The zero-order chi connectivity index (χ0) is 18.0. The normalized spacial score (nSPS) is 17.6. The van der Waals surface area contributed by atoms with Gasteiger partial charge in [0.25, 0.3) is 0 Å². The van der Waals surface area contributed by atoms with E-state index in [0.717, 1.165) is 40.6 Å². The summed E-state index contributed by atoms with van der Waals surface area (Å²) in [6, 6.07) is 15.9. The molecule has 2 aliphatic rings. The van der Waals surface area contributed by atoms with Gasteiger partial charge in [-0.1, -0.05) is 49.1 Å². The van der Waals surface area contributed by atoms with Crippen molar-refractivity contribution in [3.05, 3.63) is 58.6 Å². The van der Waals surface area contributed by atoms with Crippen LogP contribution in [0.2, 0.25) is 5.02 Å². The number of hydrogen-bond donors (Lipinski definition) is 2. The number of amidine groups is 1. The lowest BCUT2D eigenvalue weighted by molar-refractivity contribution is 0.396. The van der Waals surface area contributed by atoms with E-state index in [-0.39, 0.29) is 5.54 Å². The molecule has 2 N–H and O–H groups in total. The number of benzene rings is 2. The van der Waals surface area contributed by atoms with Crippen molar-refractivity contribution in [1.82, 2.24) is 5.32 Å². The summed E-state index contributed by atoms with van der Waals surface area (Å²) >= 11 is 6.11. The second-order valence-electron chi connectivity index (χ2n) is 7.03. The van der Waals surface area contributed by atoms with E-state index in [0.29, 0.717) is 12.1 Å². The van der Waals surface area contributed by atoms with Crippen molar-refractivity contribution < 1.29 is 0 Å². The van der Waals surface area contributed by atoms with Gasteiger partial charge in [-0.05, 0) is 42.7 Å². The molecule has 0 radical (unpaired) electrons. The number of fused-ring (bicyclic) bond motifs is 1. The first kappa shape index (κ1) is 16.9. The lowest BCUT2D eigenvalue weighted by Gasteiger charge is -2.42. The SMILES string of the molecule is N#Cc1cccc2c1N=C(NCc1cccc(Cl)c1)C1(CCCCC1)N2. The molecule has 2 aromatic carbocycles. The molecule has 0 amide bonds. The molecule has 132 valence electrons. The Morgan fingerprint density at radius 3 is 2.73 bits per heavy atom. The van der Waals surface area contributed by atoms with Crippen molar-refractivity contribution in [2.75, 3.05) is 5.32 Å². The van der Waals surface area contributed by atoms with Gasteiger partial charge in [-0.25, -0.2) is 4.99 Å². The second kappa shape index (κ2) is 7.01. The van der Waals surface area contributed by atoms with Gasteiger partial charge >= 0.3 is 0 Å². The van der Waals surface area contributed by atoms with Crippen molar-refractivity contribution in [1.29, 1.82) is 5.26 Å². The van der Waals surface area contributed by atoms with Crippen LogP contribution in [0.3, 0.4) is 0 Å². The van der Waals surface area contributed by atoms with E-state index < -0.39 is 0 Å². The first-order valence-corrected chi connectivity index (χ1v) is 9.47. The van der Waals surface area contributed by atoms with Crippen LogP contribution in [0.15, 0.2) is 47.5 Å². The number of nitrogens with one attached hydrogen (secondary N) is 2. The Morgan fingerprint density at radius 2 is 1.96 bits per heavy atom. The fraction of sp³-hybridized carbons (Fsp3) is 0.333. The molecule has 1 heterocycles. The maximum absolute atomic E-state index is 9.44. The Bertz CT molecular complexity index is 891. The van der Waals surface area contributed by atoms with Crippen molar-refractivity contribution in [2.24, 2.45) is 4.99 Å². The van der Waals surface area contributed by atoms with Gasteiger partial charge in [0.05, 0.1) is 16.8 Å². The summed E-state index contributed by atoms with van der Waals surface area (Å²) in [6.45, 7) is 0.660. The molecule has 5 heteroatoms. The highest BCUT2D eigenvalue weighted by molar-refractivity contribution is 6.30. The summed E-state index contributed by atoms with van der Waals surface area (Å²) in [4.78, 5) is 4.92. The third kappa shape index (κ3) is 3.15. The van der Waals surface area contributed by atoms with Crippen LogP contribution in [0.1, 0.15) is 43.2 Å². The minimum Gasteiger partial charge on any atom is -0.371 e. The fourth-order valence-electron chi connectivity index (χ4n) is 3.95. The van der Waals surface area contributed by atoms with Crippen LogP contribution in [-0.4, -0.2) is 11.4 Å². The molecule has 4 rings (SSSR count). The number of hydrogen-bond acceptors (Lipinski definition) is 4. The molecule has 1 spiro atoms. The molecular weight excluding hydrogens is 344 g/mol. The zero-order valence-corrected chi connectivity index (χ0v) is 15.3. The third-order valence-corrected chi connectivity index (χ3v) is 5.50. The van der Waals surface area contributed by atoms with Gasteiger partial charge in [0.2, 0.25) is 0 Å². The molecular formula is C21H21ClN4. The van der Waals surface area contributed by atoms with Gasteiger partial charge in [0, 0.05) is 11.6 Å². The highest BCUT2D eigenvalue weighted by atomic mass is 35.5. The standard InChI is InChI=1S/C21H21ClN4/c22-17-8-4-6-15(12-17)14-24-20-21(10-2-1-3-11-21)26-18-9-5-7-16(13-23)19(18)25-20/h4-9,12,26H,1-3,10-11,14H2,(H,24,25). The summed E-state index contributed by atoms with van der Waals surface area (Å²) < 4.78 is 0. The molecule has 0 atom stereocenters. The summed E-state index contributed by atoms with van der Waals surface area (Å²) in [6.07, 6.45) is 5.71. The van der Waals surface area contributed by atoms with Gasteiger partial charge in [0.15, 0.2) is 0 Å². The van der Waals surface area contributed by atoms with Crippen LogP contribution in [0.4, 0.5) is 11.4 Å². The summed E-state index contributed by atoms with van der Waals surface area (Å²) in [5, 5.41) is 17.4. The average molecular weight is 365 g/mol. The fourth-order valence-corrected chi connectivity index (χ4v) is 4.16. The van der Waals surface area contributed by atoms with Gasteiger partial charge in [0.1, 0.15) is 17.6 Å². The molecule has 26 heavy (non-hydrogen) atoms. The maximum Gasteiger partial charge on any atom is 0.128 e.